The van der Waals surface area contributed by atoms with Gasteiger partial charge in [-0.15, -0.1) is 0 Å². The van der Waals surface area contributed by atoms with Gasteiger partial charge < -0.3 is 14.7 Å². The average Bonchev–Trinajstić information content (AvgIpc) is 3.57. The number of aromatic carboxylic acids is 1. The number of halogens is 3. The lowest BCUT2D eigenvalue weighted by Crippen LogP contribution is -2.52. The molecule has 0 unspecified atom stereocenters. The van der Waals surface area contributed by atoms with E-state index in [0.29, 0.717) is 23.3 Å². The maximum atomic E-state index is 14.1. The van der Waals surface area contributed by atoms with Crippen LogP contribution < -0.4 is 4.74 Å². The van der Waals surface area contributed by atoms with Crippen LogP contribution in [0.5, 0.6) is 5.75 Å². The van der Waals surface area contributed by atoms with E-state index >= 15 is 0 Å². The summed E-state index contributed by atoms with van der Waals surface area (Å²) < 4.78 is 45.8. The zero-order valence-electron chi connectivity index (χ0n) is 24.2. The Hall–Kier alpha value is -3.33. The van der Waals surface area contributed by atoms with Crippen molar-refractivity contribution in [2.45, 2.75) is 70.6 Å². The first-order chi connectivity index (χ1) is 19.8. The number of rotatable bonds is 4. The van der Waals surface area contributed by atoms with Crippen molar-refractivity contribution in [2.75, 3.05) is 19.8 Å². The number of carbonyl (C=O) groups excluding carboxylic acids is 1. The molecular weight excluding hydrogens is 545 g/mol. The number of carboxylic acids is 1. The topological polar surface area (TPSA) is 70.1 Å². The number of nitrogens with zero attached hydrogens (tertiary/aromatic N) is 2. The van der Waals surface area contributed by atoms with Crippen LogP contribution in [0.1, 0.15) is 79.1 Å². The van der Waals surface area contributed by atoms with Crippen LogP contribution in [0.25, 0.3) is 6.08 Å². The number of hydrogen-bond acceptors (Lipinski definition) is 4. The molecule has 1 spiro atoms. The average molecular weight is 583 g/mol. The van der Waals surface area contributed by atoms with Crippen LogP contribution in [-0.4, -0.2) is 52.6 Å². The zero-order chi connectivity index (χ0) is 30.0. The molecule has 6 rings (SSSR count). The summed E-state index contributed by atoms with van der Waals surface area (Å²) in [6.07, 6.45) is 3.08. The minimum absolute atomic E-state index is 0.0314. The van der Waals surface area contributed by atoms with Crippen molar-refractivity contribution in [3.63, 3.8) is 0 Å². The third-order valence-electron chi connectivity index (χ3n) is 10.5. The highest BCUT2D eigenvalue weighted by atomic mass is 19.4. The van der Waals surface area contributed by atoms with Crippen molar-refractivity contribution in [1.82, 2.24) is 9.80 Å². The Labute approximate surface area is 244 Å². The molecule has 2 aromatic carbocycles. The van der Waals surface area contributed by atoms with Crippen LogP contribution in [-0.2, 0) is 22.9 Å². The molecule has 9 heteroatoms. The molecule has 4 aliphatic rings. The van der Waals surface area contributed by atoms with E-state index in [1.54, 1.807) is 11.0 Å². The predicted molar refractivity (Wildman–Crippen MR) is 152 cm³/mol. The van der Waals surface area contributed by atoms with Crippen LogP contribution in [0.2, 0.25) is 0 Å². The quantitative estimate of drug-likeness (QED) is 0.441. The summed E-state index contributed by atoms with van der Waals surface area (Å²) in [5.41, 5.74) is 1.31. The Morgan fingerprint density at radius 3 is 2.60 bits per heavy atom. The van der Waals surface area contributed by atoms with Gasteiger partial charge in [0, 0.05) is 23.6 Å². The Balaban J connectivity index is 1.18. The molecule has 2 aliphatic heterocycles. The predicted octanol–water partition coefficient (Wildman–Crippen LogP) is 6.58. The third-order valence-corrected chi connectivity index (χ3v) is 10.5. The van der Waals surface area contributed by atoms with E-state index in [4.69, 9.17) is 4.74 Å². The van der Waals surface area contributed by atoms with E-state index in [9.17, 15) is 27.9 Å². The van der Waals surface area contributed by atoms with E-state index in [1.165, 1.54) is 6.07 Å². The van der Waals surface area contributed by atoms with Crippen molar-refractivity contribution in [3.05, 3.63) is 70.3 Å². The van der Waals surface area contributed by atoms with Gasteiger partial charge in [-0.05, 0) is 85.5 Å². The molecule has 1 amide bonds. The van der Waals surface area contributed by atoms with E-state index in [-0.39, 0.29) is 42.5 Å². The van der Waals surface area contributed by atoms with E-state index in [2.05, 4.69) is 37.8 Å². The first-order valence-corrected chi connectivity index (χ1v) is 14.8. The number of alkyl halides is 3. The van der Waals surface area contributed by atoms with Crippen LogP contribution in [0.15, 0.2) is 42.5 Å². The van der Waals surface area contributed by atoms with Crippen LogP contribution >= 0.6 is 0 Å². The van der Waals surface area contributed by atoms with Gasteiger partial charge in [-0.1, -0.05) is 39.0 Å². The maximum absolute atomic E-state index is 14.1. The van der Waals surface area contributed by atoms with Gasteiger partial charge >= 0.3 is 12.1 Å². The van der Waals surface area contributed by atoms with Gasteiger partial charge in [0.05, 0.1) is 23.1 Å². The molecule has 6 nitrogen and oxygen atoms in total. The lowest BCUT2D eigenvalue weighted by molar-refractivity contribution is -0.150. The lowest BCUT2D eigenvalue weighted by Gasteiger charge is -2.47. The van der Waals surface area contributed by atoms with E-state index in [1.807, 2.05) is 12.1 Å². The number of benzene rings is 2. The van der Waals surface area contributed by atoms with Gasteiger partial charge in [-0.25, -0.2) is 4.79 Å². The second kappa shape index (κ2) is 10.1. The van der Waals surface area contributed by atoms with Gasteiger partial charge in [0.25, 0.3) is 0 Å². The molecule has 42 heavy (non-hydrogen) atoms. The van der Waals surface area contributed by atoms with E-state index in [0.717, 1.165) is 55.6 Å². The molecular formula is C33H37F3N2O4. The Kier molecular flexibility index (Phi) is 6.95. The summed E-state index contributed by atoms with van der Waals surface area (Å²) in [6.45, 7) is 8.18. The Morgan fingerprint density at radius 2 is 1.90 bits per heavy atom. The van der Waals surface area contributed by atoms with E-state index < -0.39 is 23.1 Å². The zero-order valence-corrected chi connectivity index (χ0v) is 24.2. The van der Waals surface area contributed by atoms with Gasteiger partial charge in [-0.2, -0.15) is 13.2 Å². The Morgan fingerprint density at radius 1 is 1.12 bits per heavy atom. The van der Waals surface area contributed by atoms with Crippen LogP contribution in [0.4, 0.5) is 13.2 Å². The number of fused-ring (bicyclic) bond motifs is 3. The molecule has 0 aromatic heterocycles. The molecule has 2 fully saturated rings. The highest BCUT2D eigenvalue weighted by molar-refractivity contribution is 5.89. The number of ether oxygens (including phenoxy) is 1. The minimum Gasteiger partial charge on any atom is -0.478 e. The first kappa shape index (κ1) is 28.8. The summed E-state index contributed by atoms with van der Waals surface area (Å²) in [6, 6.07) is 9.06. The number of piperidine rings is 1. The fourth-order valence-electron chi connectivity index (χ4n) is 7.92. The molecule has 224 valence electrons. The van der Waals surface area contributed by atoms with Crippen LogP contribution in [0.3, 0.4) is 0 Å². The summed E-state index contributed by atoms with van der Waals surface area (Å²) in [4.78, 5) is 29.9. The normalized spacial score (nSPS) is 29.1. The lowest BCUT2D eigenvalue weighted by atomic mass is 9.67. The highest BCUT2D eigenvalue weighted by Crippen LogP contribution is 2.52. The number of hydrogen-bond donors (Lipinski definition) is 1. The molecule has 1 saturated carbocycles. The summed E-state index contributed by atoms with van der Waals surface area (Å²) >= 11 is 0. The second-order valence-electron chi connectivity index (χ2n) is 12.9. The van der Waals surface area contributed by atoms with Crippen LogP contribution in [0, 0.1) is 17.3 Å². The van der Waals surface area contributed by atoms with Gasteiger partial charge in [0.2, 0.25) is 5.91 Å². The SMILES string of the molecule is CC(C)[C@]1(C(=O)N2COc3ccc(C(F)(F)F)cc3C2)CC[C@@H](N2CC[C@@]3(C=Cc4ccc(C(=O)O)cc43)[C@@H](C)C2)C1. The van der Waals surface area contributed by atoms with Crippen molar-refractivity contribution in [3.8, 4) is 5.75 Å². The first-order valence-electron chi connectivity index (χ1n) is 14.8. The maximum Gasteiger partial charge on any atom is 0.416 e. The van der Waals surface area contributed by atoms with Crippen molar-refractivity contribution in [1.29, 1.82) is 0 Å². The number of carboxylic acid groups (broad SMARTS) is 1. The molecule has 0 radical (unpaired) electrons. The standard InChI is InChI=1S/C33H37F3N2O4/c1-20(2)32(30(41)38-18-24-14-25(33(34,35)36)6-7-28(24)42-19-38)11-9-26(16-32)37-13-12-31(21(3)17-37)10-8-22-4-5-23(29(39)40)15-27(22)31/h4-8,10,14-15,20-21,26H,9,11-13,16-19H2,1-3H3,(H,39,40)/t21-,26+,31-,32-/m0/s1. The second-order valence-corrected chi connectivity index (χ2v) is 12.9. The molecule has 1 N–H and O–H groups in total. The molecule has 2 aliphatic carbocycles. The number of allylic oxidation sites excluding steroid dienone is 1. The number of amides is 1. The fourth-order valence-corrected chi connectivity index (χ4v) is 7.92. The molecule has 2 aromatic rings. The van der Waals surface area contributed by atoms with Gasteiger partial charge in [0.1, 0.15) is 5.75 Å². The molecule has 4 atom stereocenters. The van der Waals surface area contributed by atoms with Crippen molar-refractivity contribution in [2.24, 2.45) is 17.3 Å². The number of carbonyl (C=O) groups is 2. The summed E-state index contributed by atoms with van der Waals surface area (Å²) in [7, 11) is 0. The van der Waals surface area contributed by atoms with Crippen molar-refractivity contribution >= 4 is 18.0 Å². The largest absolute Gasteiger partial charge is 0.478 e. The molecule has 1 saturated heterocycles. The number of likely N-dealkylation sites (tertiary alicyclic amines) is 1. The monoisotopic (exact) mass is 582 g/mol. The molecule has 0 bridgehead atoms. The Bertz CT molecular complexity index is 1450. The fraction of sp³-hybridized carbons (Fsp3) is 0.515. The van der Waals surface area contributed by atoms with Crippen molar-refractivity contribution < 1.29 is 32.6 Å². The third kappa shape index (κ3) is 4.60. The minimum atomic E-state index is -4.46. The summed E-state index contributed by atoms with van der Waals surface area (Å²) in [5.74, 6) is -0.255. The summed E-state index contributed by atoms with van der Waals surface area (Å²) in [5, 5.41) is 9.57. The van der Waals surface area contributed by atoms with Gasteiger partial charge in [0.15, 0.2) is 6.73 Å². The smallest absolute Gasteiger partial charge is 0.416 e. The van der Waals surface area contributed by atoms with Gasteiger partial charge in [-0.3, -0.25) is 9.69 Å². The molecule has 2 heterocycles. The highest BCUT2D eigenvalue weighted by Gasteiger charge is 2.53.